The fourth-order valence-corrected chi connectivity index (χ4v) is 2.81. The summed E-state index contributed by atoms with van der Waals surface area (Å²) in [6.45, 7) is 0.712. The van der Waals surface area contributed by atoms with E-state index in [1.54, 1.807) is 18.3 Å². The number of anilines is 1. The number of hydrogen-bond donors (Lipinski definition) is 2. The predicted molar refractivity (Wildman–Crippen MR) is 111 cm³/mol. The normalized spacial score (nSPS) is 13.2. The molecule has 1 aliphatic rings. The highest BCUT2D eigenvalue weighted by atomic mass is 16.5. The summed E-state index contributed by atoms with van der Waals surface area (Å²) >= 11 is 0. The first-order valence-corrected chi connectivity index (χ1v) is 9.35. The molecule has 0 radical (unpaired) electrons. The first kappa shape index (κ1) is 18.4. The summed E-state index contributed by atoms with van der Waals surface area (Å²) in [5.74, 6) is 1.57. The lowest BCUT2D eigenvalue weighted by Crippen LogP contribution is -2.16. The largest absolute Gasteiger partial charge is 0.493 e. The van der Waals surface area contributed by atoms with Crippen molar-refractivity contribution >= 4 is 12.2 Å². The molecule has 0 saturated heterocycles. The number of benzene rings is 2. The van der Waals surface area contributed by atoms with Crippen molar-refractivity contribution in [1.82, 2.24) is 9.97 Å². The van der Waals surface area contributed by atoms with Crippen LogP contribution >= 0.6 is 0 Å². The fraction of sp³-hybridized carbons (Fsp3) is 0.182. The zero-order valence-electron chi connectivity index (χ0n) is 15.6. The number of aromatic amines is 1. The number of ether oxygens (including phenoxy) is 1. The third-order valence-electron chi connectivity index (χ3n) is 4.54. The fourth-order valence-electron chi connectivity index (χ4n) is 2.81. The summed E-state index contributed by atoms with van der Waals surface area (Å²) in [7, 11) is 0. The first-order chi connectivity index (χ1) is 14.2. The van der Waals surface area contributed by atoms with E-state index in [1.165, 1.54) is 12.8 Å². The number of para-hydroxylation sites is 1. The number of nitrogens with zero attached hydrogens (tertiary/aromatic N) is 3. The number of rotatable bonds is 7. The number of aromatic nitrogens is 2. The van der Waals surface area contributed by atoms with Crippen LogP contribution in [0.15, 0.2) is 64.5 Å². The van der Waals surface area contributed by atoms with E-state index in [-0.39, 0.29) is 11.5 Å². The van der Waals surface area contributed by atoms with Gasteiger partial charge in [-0.05, 0) is 30.9 Å². The highest BCUT2D eigenvalue weighted by Gasteiger charge is 2.22. The van der Waals surface area contributed by atoms with E-state index in [0.29, 0.717) is 23.8 Å². The average Bonchev–Trinajstić information content (AvgIpc) is 3.58. The highest BCUT2D eigenvalue weighted by Crippen LogP contribution is 2.30. The van der Waals surface area contributed by atoms with Crippen LogP contribution in [0.2, 0.25) is 0 Å². The van der Waals surface area contributed by atoms with Crippen molar-refractivity contribution in [3.05, 3.63) is 76.1 Å². The summed E-state index contributed by atoms with van der Waals surface area (Å²) in [6, 6.07) is 18.6. The van der Waals surface area contributed by atoms with Crippen LogP contribution in [0.5, 0.6) is 5.75 Å². The molecule has 1 aromatic heterocycles. The molecule has 0 unspecified atom stereocenters. The number of hydrazone groups is 1. The third-order valence-corrected chi connectivity index (χ3v) is 4.54. The van der Waals surface area contributed by atoms with Crippen LogP contribution in [0.1, 0.15) is 24.0 Å². The van der Waals surface area contributed by atoms with Crippen LogP contribution in [0.4, 0.5) is 5.95 Å². The predicted octanol–water partition coefficient (Wildman–Crippen LogP) is 3.54. The van der Waals surface area contributed by atoms with Crippen molar-refractivity contribution in [3.8, 4) is 23.1 Å². The zero-order chi connectivity index (χ0) is 20.1. The van der Waals surface area contributed by atoms with Crippen molar-refractivity contribution in [2.45, 2.75) is 12.8 Å². The van der Waals surface area contributed by atoms with Crippen LogP contribution in [-0.2, 0) is 0 Å². The average molecular weight is 385 g/mol. The lowest BCUT2D eigenvalue weighted by atomic mass is 10.1. The Balaban J connectivity index is 1.55. The van der Waals surface area contributed by atoms with Crippen LogP contribution in [-0.4, -0.2) is 22.8 Å². The molecule has 0 amide bonds. The van der Waals surface area contributed by atoms with E-state index in [0.717, 1.165) is 11.3 Å². The molecule has 1 aliphatic carbocycles. The molecule has 0 atom stereocenters. The number of nitrogens with one attached hydrogen (secondary N) is 2. The minimum absolute atomic E-state index is 0.0375. The highest BCUT2D eigenvalue weighted by molar-refractivity contribution is 5.83. The van der Waals surface area contributed by atoms with Crippen LogP contribution in [0.25, 0.3) is 11.3 Å². The lowest BCUT2D eigenvalue weighted by molar-refractivity contribution is 0.299. The van der Waals surface area contributed by atoms with Gasteiger partial charge in [-0.1, -0.05) is 42.5 Å². The van der Waals surface area contributed by atoms with Gasteiger partial charge in [-0.3, -0.25) is 9.78 Å². The second-order valence-corrected chi connectivity index (χ2v) is 6.78. The van der Waals surface area contributed by atoms with Crippen LogP contribution < -0.4 is 15.7 Å². The molecule has 2 aromatic carbocycles. The molecular weight excluding hydrogens is 366 g/mol. The molecule has 2 N–H and O–H groups in total. The number of hydrogen-bond acceptors (Lipinski definition) is 6. The minimum atomic E-state index is -0.521. The Morgan fingerprint density at radius 1 is 1.21 bits per heavy atom. The van der Waals surface area contributed by atoms with Crippen molar-refractivity contribution in [2.24, 2.45) is 11.0 Å². The molecule has 1 saturated carbocycles. The van der Waals surface area contributed by atoms with Gasteiger partial charge in [0.25, 0.3) is 5.56 Å². The van der Waals surface area contributed by atoms with Crippen molar-refractivity contribution in [1.29, 1.82) is 5.26 Å². The molecule has 4 rings (SSSR count). The van der Waals surface area contributed by atoms with Gasteiger partial charge in [-0.15, -0.1) is 0 Å². The molecule has 0 spiro atoms. The molecular formula is C22H19N5O2. The lowest BCUT2D eigenvalue weighted by Gasteiger charge is -2.08. The van der Waals surface area contributed by atoms with Gasteiger partial charge in [0, 0.05) is 11.1 Å². The van der Waals surface area contributed by atoms with Gasteiger partial charge in [0.1, 0.15) is 17.4 Å². The maximum Gasteiger partial charge on any atom is 0.270 e. The van der Waals surface area contributed by atoms with E-state index in [9.17, 15) is 10.1 Å². The standard InChI is InChI=1S/C22H19N5O2/c23-12-18-20(16-6-2-1-3-7-16)25-22(26-21(18)28)27-24-13-17-8-4-5-9-19(17)29-14-15-10-11-15/h1-9,13,15H,10-11,14H2,(H2,25,26,27,28). The Kier molecular flexibility index (Phi) is 5.34. The van der Waals surface area contributed by atoms with Gasteiger partial charge in [-0.25, -0.2) is 10.4 Å². The Bertz CT molecular complexity index is 1130. The maximum absolute atomic E-state index is 12.3. The monoisotopic (exact) mass is 385 g/mol. The molecule has 3 aromatic rings. The molecule has 29 heavy (non-hydrogen) atoms. The number of nitriles is 1. The second-order valence-electron chi connectivity index (χ2n) is 6.78. The van der Waals surface area contributed by atoms with Gasteiger partial charge < -0.3 is 4.74 Å². The van der Waals surface area contributed by atoms with Gasteiger partial charge in [-0.2, -0.15) is 10.4 Å². The third kappa shape index (κ3) is 4.50. The Hall–Kier alpha value is -3.92. The smallest absolute Gasteiger partial charge is 0.270 e. The molecule has 7 nitrogen and oxygen atoms in total. The summed E-state index contributed by atoms with van der Waals surface area (Å²) in [5.41, 5.74) is 3.99. The minimum Gasteiger partial charge on any atom is -0.493 e. The summed E-state index contributed by atoms with van der Waals surface area (Å²) in [4.78, 5) is 19.2. The summed E-state index contributed by atoms with van der Waals surface area (Å²) < 4.78 is 5.86. The summed E-state index contributed by atoms with van der Waals surface area (Å²) in [5, 5.41) is 13.5. The Morgan fingerprint density at radius 3 is 2.72 bits per heavy atom. The quantitative estimate of drug-likeness (QED) is 0.478. The van der Waals surface area contributed by atoms with Crippen molar-refractivity contribution in [2.75, 3.05) is 12.0 Å². The van der Waals surface area contributed by atoms with E-state index in [2.05, 4.69) is 20.5 Å². The molecule has 144 valence electrons. The summed E-state index contributed by atoms with van der Waals surface area (Å²) in [6.07, 6.45) is 4.06. The van der Waals surface area contributed by atoms with Gasteiger partial charge in [0.15, 0.2) is 0 Å². The van der Waals surface area contributed by atoms with E-state index < -0.39 is 5.56 Å². The van der Waals surface area contributed by atoms with Crippen molar-refractivity contribution < 1.29 is 4.74 Å². The maximum atomic E-state index is 12.3. The topological polar surface area (TPSA) is 103 Å². The molecule has 1 heterocycles. The van der Waals surface area contributed by atoms with Gasteiger partial charge in [0.05, 0.1) is 18.5 Å². The van der Waals surface area contributed by atoms with Gasteiger partial charge >= 0.3 is 0 Å². The molecule has 1 fully saturated rings. The first-order valence-electron chi connectivity index (χ1n) is 9.35. The van der Waals surface area contributed by atoms with Crippen LogP contribution in [0, 0.1) is 17.2 Å². The number of H-pyrrole nitrogens is 1. The molecule has 7 heteroatoms. The second kappa shape index (κ2) is 8.40. The van der Waals surface area contributed by atoms with E-state index in [4.69, 9.17) is 4.74 Å². The molecule has 0 aliphatic heterocycles. The SMILES string of the molecule is N#Cc1c(-c2ccccc2)nc(NN=Cc2ccccc2OCC2CC2)[nH]c1=O. The van der Waals surface area contributed by atoms with Crippen molar-refractivity contribution in [3.63, 3.8) is 0 Å². The van der Waals surface area contributed by atoms with Crippen LogP contribution in [0.3, 0.4) is 0 Å². The Morgan fingerprint density at radius 2 is 1.97 bits per heavy atom. The van der Waals surface area contributed by atoms with Gasteiger partial charge in [0.2, 0.25) is 5.95 Å². The Labute approximate surface area is 167 Å². The molecule has 0 bridgehead atoms. The zero-order valence-corrected chi connectivity index (χ0v) is 15.6. The van der Waals surface area contributed by atoms with E-state index >= 15 is 0 Å². The van der Waals surface area contributed by atoms with E-state index in [1.807, 2.05) is 48.5 Å².